The number of amides is 2. The van der Waals surface area contributed by atoms with Gasteiger partial charge in [0.25, 0.3) is 10.1 Å². The second kappa shape index (κ2) is 15.9. The molecular weight excluding hydrogens is 661 g/mol. The second-order valence-corrected chi connectivity index (χ2v) is 11.5. The van der Waals surface area contributed by atoms with Gasteiger partial charge in [-0.1, -0.05) is 30.0 Å². The van der Waals surface area contributed by atoms with Crippen molar-refractivity contribution in [2.24, 2.45) is 4.99 Å². The summed E-state index contributed by atoms with van der Waals surface area (Å²) in [6.07, 6.45) is 7.44. The summed E-state index contributed by atoms with van der Waals surface area (Å²) in [6.45, 7) is 0. The number of carbonyl (C=O) groups excluding carboxylic acids is 1. The van der Waals surface area contributed by atoms with Crippen molar-refractivity contribution in [1.82, 2.24) is 20.2 Å². The normalized spacial score (nSPS) is 12.6. The zero-order valence-corrected chi connectivity index (χ0v) is 26.4. The Labute approximate surface area is 285 Å². The Bertz CT molecular complexity index is 2490. The third-order valence-corrected chi connectivity index (χ3v) is 8.02. The van der Waals surface area contributed by atoms with E-state index in [4.69, 9.17) is 11.2 Å². The summed E-state index contributed by atoms with van der Waals surface area (Å²) in [7, 11) is -4.44. The van der Waals surface area contributed by atoms with Crippen molar-refractivity contribution in [2.45, 2.75) is 15.4 Å². The van der Waals surface area contributed by atoms with Crippen LogP contribution in [0.4, 0.5) is 10.5 Å². The van der Waals surface area contributed by atoms with E-state index >= 15 is 0 Å². The van der Waals surface area contributed by atoms with Gasteiger partial charge in [0.05, 0.1) is 16.3 Å². The molecule has 0 aliphatic carbocycles. The van der Waals surface area contributed by atoms with Crippen LogP contribution in [-0.2, 0) is 10.1 Å². The molecule has 0 radical (unpaired) electrons. The Morgan fingerprint density at radius 1 is 0.776 bits per heavy atom. The Hall–Kier alpha value is -7.15. The van der Waals surface area contributed by atoms with Crippen molar-refractivity contribution in [1.29, 1.82) is 0 Å². The van der Waals surface area contributed by atoms with E-state index in [0.29, 0.717) is 33.6 Å². The van der Waals surface area contributed by atoms with Gasteiger partial charge in [-0.2, -0.15) is 18.1 Å². The van der Waals surface area contributed by atoms with Crippen LogP contribution in [0.15, 0.2) is 93.9 Å². The first-order valence-electron chi connectivity index (χ1n) is 13.6. The maximum absolute atomic E-state index is 13.4. The van der Waals surface area contributed by atoms with E-state index in [1.54, 1.807) is 24.3 Å². The molecule has 2 amide bonds. The number of hydrogen-bond donors (Lipinski definition) is 1. The SMILES string of the molecule is C#CC#CC#CC#CC#CC#CC#COc1ccc(C2=NC(=O)N(c3ccc(S(=O)(=O)O)cc3)C2Sc2nnnn2-c2ccccc2)cc1. The minimum absolute atomic E-state index is 0.321. The number of aliphatic imine (C=N–C) groups is 1. The van der Waals surface area contributed by atoms with Gasteiger partial charge in [0.15, 0.2) is 0 Å². The van der Waals surface area contributed by atoms with E-state index in [0.717, 1.165) is 11.8 Å². The number of thioether (sulfide) groups is 1. The summed E-state index contributed by atoms with van der Waals surface area (Å²) in [4.78, 5) is 18.7. The predicted octanol–water partition coefficient (Wildman–Crippen LogP) is 3.45. The molecule has 2 heterocycles. The molecule has 4 aromatic rings. The highest BCUT2D eigenvalue weighted by atomic mass is 32.2. The maximum Gasteiger partial charge on any atom is 0.349 e. The fraction of sp³-hybridized carbons (Fsp3) is 0.0278. The van der Waals surface area contributed by atoms with E-state index < -0.39 is 21.5 Å². The second-order valence-electron chi connectivity index (χ2n) is 9.05. The zero-order valence-electron chi connectivity index (χ0n) is 24.7. The van der Waals surface area contributed by atoms with Crippen LogP contribution in [0.5, 0.6) is 5.75 Å². The van der Waals surface area contributed by atoms with E-state index in [1.807, 2.05) is 30.3 Å². The molecule has 0 saturated heterocycles. The summed E-state index contributed by atoms with van der Waals surface area (Å²) in [5, 5.41) is 11.7. The van der Waals surface area contributed by atoms with Gasteiger partial charge in [-0.15, -0.1) is 11.5 Å². The molecule has 11 nitrogen and oxygen atoms in total. The van der Waals surface area contributed by atoms with Gasteiger partial charge in [-0.3, -0.25) is 9.45 Å². The number of rotatable bonds is 7. The first kappa shape index (κ1) is 33.2. The van der Waals surface area contributed by atoms with E-state index in [9.17, 15) is 17.8 Å². The first-order chi connectivity index (χ1) is 23.8. The monoisotopic (exact) mass is 676 g/mol. The lowest BCUT2D eigenvalue weighted by Gasteiger charge is -2.24. The number of benzene rings is 3. The Kier molecular flexibility index (Phi) is 10.8. The van der Waals surface area contributed by atoms with Gasteiger partial charge >= 0.3 is 6.03 Å². The predicted molar refractivity (Wildman–Crippen MR) is 182 cm³/mol. The molecule has 49 heavy (non-hydrogen) atoms. The Morgan fingerprint density at radius 2 is 1.39 bits per heavy atom. The van der Waals surface area contributed by atoms with Crippen LogP contribution < -0.4 is 9.64 Å². The largest absolute Gasteiger partial charge is 0.407 e. The van der Waals surface area contributed by atoms with Crippen molar-refractivity contribution in [3.05, 3.63) is 84.4 Å². The number of urea groups is 1. The number of hydrogen-bond acceptors (Lipinski definition) is 8. The molecule has 1 aliphatic heterocycles. The number of terminal acetylenes is 1. The number of anilines is 1. The summed E-state index contributed by atoms with van der Waals surface area (Å²) in [6, 6.07) is 20.5. The average molecular weight is 677 g/mol. The number of aromatic nitrogens is 4. The molecule has 0 spiro atoms. The molecular formula is C36H16N6O5S2. The van der Waals surface area contributed by atoms with Crippen molar-refractivity contribution in [3.63, 3.8) is 0 Å². The highest BCUT2D eigenvalue weighted by molar-refractivity contribution is 8.00. The van der Waals surface area contributed by atoms with Gasteiger partial charge < -0.3 is 4.74 Å². The lowest BCUT2D eigenvalue weighted by Crippen LogP contribution is -2.35. The number of tetrazole rings is 1. The van der Waals surface area contributed by atoms with Gasteiger partial charge in [-0.05, 0) is 112 Å². The number of ether oxygens (including phenoxy) is 1. The fourth-order valence-corrected chi connectivity index (χ4v) is 5.60. The van der Waals surface area contributed by atoms with E-state index in [-0.39, 0.29) is 4.90 Å². The Balaban J connectivity index is 1.35. The standard InChI is InChI=1S/C36H16N6O5S2/c1-2-3-4-5-6-7-8-9-10-11-12-16-27-47-31-23-19-28(20-24-31)33-34(48-36-38-39-40-42(36)30-17-14-13-15-18-30)41(35(43)37-33)29-21-25-32(26-22-29)49(44,45)46/h1,13-15,17-26,34H,(H,44,45,46). The van der Waals surface area contributed by atoms with Gasteiger partial charge in [-0.25, -0.2) is 4.79 Å². The van der Waals surface area contributed by atoms with Crippen molar-refractivity contribution in [3.8, 4) is 95.0 Å². The minimum Gasteiger partial charge on any atom is -0.407 e. The maximum atomic E-state index is 13.4. The molecule has 1 N–H and O–H groups in total. The molecule has 3 aromatic carbocycles. The minimum atomic E-state index is -4.44. The number of carbonyl (C=O) groups is 1. The van der Waals surface area contributed by atoms with Crippen LogP contribution in [0.2, 0.25) is 0 Å². The average Bonchev–Trinajstić information content (AvgIpc) is 3.71. The van der Waals surface area contributed by atoms with Crippen molar-refractivity contribution in [2.75, 3.05) is 4.90 Å². The highest BCUT2D eigenvalue weighted by Gasteiger charge is 2.39. The summed E-state index contributed by atoms with van der Waals surface area (Å²) >= 11 is 1.16. The summed E-state index contributed by atoms with van der Waals surface area (Å²) < 4.78 is 39.6. The summed E-state index contributed by atoms with van der Waals surface area (Å²) in [5.41, 5.74) is 2.00. The van der Waals surface area contributed by atoms with Gasteiger partial charge in [0.2, 0.25) is 5.16 Å². The molecule has 1 aromatic heterocycles. The van der Waals surface area contributed by atoms with Crippen molar-refractivity contribution < 1.29 is 22.5 Å². The lowest BCUT2D eigenvalue weighted by atomic mass is 10.1. The summed E-state index contributed by atoms with van der Waals surface area (Å²) in [5.74, 6) is 29.7. The molecule has 1 aliphatic rings. The number of nitrogens with zero attached hydrogens (tertiary/aromatic N) is 6. The fourth-order valence-electron chi connectivity index (χ4n) is 3.98. The molecule has 0 fully saturated rings. The third-order valence-electron chi connectivity index (χ3n) is 6.03. The molecule has 232 valence electrons. The number of para-hydroxylation sites is 1. The van der Waals surface area contributed by atoms with Gasteiger partial charge in [0.1, 0.15) is 17.2 Å². The highest BCUT2D eigenvalue weighted by Crippen LogP contribution is 2.36. The van der Waals surface area contributed by atoms with Crippen molar-refractivity contribution >= 4 is 39.3 Å². The van der Waals surface area contributed by atoms with Crippen LogP contribution in [0.3, 0.4) is 0 Å². The quantitative estimate of drug-likeness (QED) is 0.230. The van der Waals surface area contributed by atoms with Gasteiger partial charge in [0, 0.05) is 41.2 Å². The van der Waals surface area contributed by atoms with E-state index in [1.165, 1.54) is 33.8 Å². The first-order valence-corrected chi connectivity index (χ1v) is 15.9. The van der Waals surface area contributed by atoms with Crippen LogP contribution in [0.25, 0.3) is 5.69 Å². The molecule has 0 saturated carbocycles. The Morgan fingerprint density at radius 3 is 2.00 bits per heavy atom. The van der Waals surface area contributed by atoms with Crippen LogP contribution >= 0.6 is 11.8 Å². The molecule has 1 atom stereocenters. The molecule has 1 unspecified atom stereocenters. The van der Waals surface area contributed by atoms with Crippen LogP contribution in [0, 0.1) is 83.6 Å². The molecule has 5 rings (SSSR count). The molecule has 0 bridgehead atoms. The van der Waals surface area contributed by atoms with Crippen LogP contribution in [0.1, 0.15) is 5.56 Å². The zero-order chi connectivity index (χ0) is 34.5. The van der Waals surface area contributed by atoms with Crippen LogP contribution in [-0.4, -0.2) is 50.3 Å². The molecule has 13 heteroatoms. The smallest absolute Gasteiger partial charge is 0.349 e. The lowest BCUT2D eigenvalue weighted by molar-refractivity contribution is 0.256. The van der Waals surface area contributed by atoms with E-state index in [2.05, 4.69) is 97.7 Å². The topological polar surface area (TPSA) is 140 Å². The third kappa shape index (κ3) is 8.77.